The van der Waals surface area contributed by atoms with E-state index in [0.29, 0.717) is 12.6 Å². The van der Waals surface area contributed by atoms with Crippen molar-refractivity contribution in [2.24, 2.45) is 0 Å². The average molecular weight is 298 g/mol. The highest BCUT2D eigenvalue weighted by Crippen LogP contribution is 2.26. The fourth-order valence-corrected chi connectivity index (χ4v) is 3.04. The second kappa shape index (κ2) is 6.69. The van der Waals surface area contributed by atoms with Gasteiger partial charge in [-0.3, -0.25) is 0 Å². The lowest BCUT2D eigenvalue weighted by Crippen LogP contribution is -2.41. The molecule has 1 aliphatic rings. The van der Waals surface area contributed by atoms with Crippen molar-refractivity contribution in [3.63, 3.8) is 0 Å². The molecule has 1 heterocycles. The van der Waals surface area contributed by atoms with E-state index in [0.717, 1.165) is 30.0 Å². The van der Waals surface area contributed by atoms with E-state index >= 15 is 0 Å². The van der Waals surface area contributed by atoms with Crippen LogP contribution in [0.25, 0.3) is 0 Å². The third-order valence-corrected chi connectivity index (χ3v) is 4.17. The maximum Gasteiger partial charge on any atom is 0.322 e. The summed E-state index contributed by atoms with van der Waals surface area (Å²) in [6, 6.07) is 13.7. The molecular formula is C18H22N2O2. The number of carbonyl (C=O) groups excluding carboxylic acids is 1. The number of anilines is 1. The van der Waals surface area contributed by atoms with Gasteiger partial charge in [0.15, 0.2) is 0 Å². The van der Waals surface area contributed by atoms with Crippen molar-refractivity contribution in [1.82, 2.24) is 4.90 Å². The molecule has 2 aromatic rings. The van der Waals surface area contributed by atoms with E-state index < -0.39 is 0 Å². The van der Waals surface area contributed by atoms with Gasteiger partial charge in [-0.25, -0.2) is 4.79 Å². The summed E-state index contributed by atoms with van der Waals surface area (Å²) in [4.78, 5) is 14.6. The van der Waals surface area contributed by atoms with Gasteiger partial charge in [-0.15, -0.1) is 0 Å². The molecule has 0 bridgehead atoms. The molecule has 2 amide bonds. The number of furan rings is 1. The number of aryl methyl sites for hydroxylation is 1. The fourth-order valence-electron chi connectivity index (χ4n) is 3.04. The predicted molar refractivity (Wildman–Crippen MR) is 86.7 cm³/mol. The Kier molecular flexibility index (Phi) is 4.47. The summed E-state index contributed by atoms with van der Waals surface area (Å²) >= 11 is 0. The van der Waals surface area contributed by atoms with Crippen molar-refractivity contribution in [3.05, 3.63) is 54.0 Å². The summed E-state index contributed by atoms with van der Waals surface area (Å²) in [5.74, 6) is 1.72. The number of hydrogen-bond donors (Lipinski definition) is 1. The van der Waals surface area contributed by atoms with Crippen LogP contribution in [0.15, 0.2) is 46.9 Å². The van der Waals surface area contributed by atoms with Crippen LogP contribution in [-0.2, 0) is 6.54 Å². The van der Waals surface area contributed by atoms with E-state index in [1.54, 1.807) is 0 Å². The van der Waals surface area contributed by atoms with Crippen LogP contribution >= 0.6 is 0 Å². The standard InChI is InChI=1S/C18H22N2O2/c1-14-11-12-17(22-14)13-20(16-9-5-6-10-16)18(21)19-15-7-3-2-4-8-15/h2-4,7-8,11-12,16H,5-6,9-10,13H2,1H3,(H,19,21). The Morgan fingerprint density at radius 2 is 1.91 bits per heavy atom. The van der Waals surface area contributed by atoms with Crippen molar-refractivity contribution in [3.8, 4) is 0 Å². The highest BCUT2D eigenvalue weighted by Gasteiger charge is 2.27. The molecule has 1 aromatic carbocycles. The van der Waals surface area contributed by atoms with Crippen molar-refractivity contribution in [2.75, 3.05) is 5.32 Å². The van der Waals surface area contributed by atoms with E-state index in [-0.39, 0.29) is 6.03 Å². The Bertz CT molecular complexity index is 615. The van der Waals surface area contributed by atoms with Crippen LogP contribution in [0.4, 0.5) is 10.5 Å². The van der Waals surface area contributed by atoms with Crippen LogP contribution in [0.5, 0.6) is 0 Å². The molecule has 22 heavy (non-hydrogen) atoms. The largest absolute Gasteiger partial charge is 0.464 e. The molecule has 116 valence electrons. The number of nitrogens with zero attached hydrogens (tertiary/aromatic N) is 1. The predicted octanol–water partition coefficient (Wildman–Crippen LogP) is 4.56. The summed E-state index contributed by atoms with van der Waals surface area (Å²) in [5.41, 5.74) is 0.825. The second-order valence-corrected chi connectivity index (χ2v) is 5.87. The molecule has 1 saturated carbocycles. The Morgan fingerprint density at radius 3 is 2.55 bits per heavy atom. The van der Waals surface area contributed by atoms with Gasteiger partial charge < -0.3 is 14.6 Å². The number of rotatable bonds is 4. The third-order valence-electron chi connectivity index (χ3n) is 4.17. The van der Waals surface area contributed by atoms with Gasteiger partial charge in [0.2, 0.25) is 0 Å². The number of urea groups is 1. The molecule has 0 atom stereocenters. The van der Waals surface area contributed by atoms with Crippen molar-refractivity contribution >= 4 is 11.7 Å². The number of benzene rings is 1. The minimum Gasteiger partial charge on any atom is -0.464 e. The van der Waals surface area contributed by atoms with Crippen molar-refractivity contribution in [1.29, 1.82) is 0 Å². The van der Waals surface area contributed by atoms with Crippen LogP contribution in [0.1, 0.15) is 37.2 Å². The van der Waals surface area contributed by atoms with Gasteiger partial charge in [0.1, 0.15) is 11.5 Å². The number of nitrogens with one attached hydrogen (secondary N) is 1. The summed E-state index contributed by atoms with van der Waals surface area (Å²) < 4.78 is 5.65. The average Bonchev–Trinajstić information content (AvgIpc) is 3.17. The maximum absolute atomic E-state index is 12.7. The van der Waals surface area contributed by atoms with E-state index in [2.05, 4.69) is 5.32 Å². The molecule has 0 unspecified atom stereocenters. The molecule has 0 saturated heterocycles. The van der Waals surface area contributed by atoms with Crippen LogP contribution in [-0.4, -0.2) is 17.0 Å². The molecule has 4 nitrogen and oxygen atoms in total. The monoisotopic (exact) mass is 298 g/mol. The summed E-state index contributed by atoms with van der Waals surface area (Å²) in [7, 11) is 0. The first-order chi connectivity index (χ1) is 10.7. The highest BCUT2D eigenvalue weighted by atomic mass is 16.3. The van der Waals surface area contributed by atoms with Crippen LogP contribution in [0, 0.1) is 6.92 Å². The molecule has 1 aromatic heterocycles. The summed E-state index contributed by atoms with van der Waals surface area (Å²) in [5, 5.41) is 2.99. The molecule has 0 spiro atoms. The lowest BCUT2D eigenvalue weighted by Gasteiger charge is -2.28. The Morgan fingerprint density at radius 1 is 1.18 bits per heavy atom. The van der Waals surface area contributed by atoms with Crippen LogP contribution in [0.2, 0.25) is 0 Å². The molecule has 0 aliphatic heterocycles. The van der Waals surface area contributed by atoms with Crippen molar-refractivity contribution < 1.29 is 9.21 Å². The van der Waals surface area contributed by atoms with E-state index in [1.165, 1.54) is 12.8 Å². The minimum absolute atomic E-state index is 0.0489. The lowest BCUT2D eigenvalue weighted by molar-refractivity contribution is 0.178. The first-order valence-electron chi connectivity index (χ1n) is 7.90. The Labute approximate surface area is 131 Å². The van der Waals surface area contributed by atoms with E-state index in [1.807, 2.05) is 54.3 Å². The zero-order valence-electron chi connectivity index (χ0n) is 12.9. The molecule has 1 N–H and O–H groups in total. The SMILES string of the molecule is Cc1ccc(CN(C(=O)Nc2ccccc2)C2CCCC2)o1. The van der Waals surface area contributed by atoms with Gasteiger partial charge >= 0.3 is 6.03 Å². The molecule has 0 radical (unpaired) electrons. The topological polar surface area (TPSA) is 45.5 Å². The molecular weight excluding hydrogens is 276 g/mol. The summed E-state index contributed by atoms with van der Waals surface area (Å²) in [6.07, 6.45) is 4.53. The molecule has 1 fully saturated rings. The molecule has 4 heteroatoms. The number of carbonyl (C=O) groups is 1. The van der Waals surface area contributed by atoms with Gasteiger partial charge in [-0.2, -0.15) is 0 Å². The van der Waals surface area contributed by atoms with Gasteiger partial charge in [-0.1, -0.05) is 31.0 Å². The third kappa shape index (κ3) is 3.50. The van der Waals surface area contributed by atoms with Crippen molar-refractivity contribution in [2.45, 2.75) is 45.2 Å². The zero-order valence-corrected chi connectivity index (χ0v) is 12.9. The quantitative estimate of drug-likeness (QED) is 0.899. The van der Waals surface area contributed by atoms with Crippen LogP contribution < -0.4 is 5.32 Å². The lowest BCUT2D eigenvalue weighted by atomic mass is 10.2. The van der Waals surface area contributed by atoms with E-state index in [4.69, 9.17) is 4.42 Å². The maximum atomic E-state index is 12.7. The van der Waals surface area contributed by atoms with Gasteiger partial charge in [0.05, 0.1) is 6.54 Å². The number of hydrogen-bond acceptors (Lipinski definition) is 2. The Hall–Kier alpha value is -2.23. The first-order valence-corrected chi connectivity index (χ1v) is 7.90. The number of para-hydroxylation sites is 1. The van der Waals surface area contributed by atoms with Gasteiger partial charge in [0.25, 0.3) is 0 Å². The fraction of sp³-hybridized carbons (Fsp3) is 0.389. The molecule has 3 rings (SSSR count). The van der Waals surface area contributed by atoms with Crippen LogP contribution in [0.3, 0.4) is 0 Å². The highest BCUT2D eigenvalue weighted by molar-refractivity contribution is 5.89. The van der Waals surface area contributed by atoms with E-state index in [9.17, 15) is 4.79 Å². The normalized spacial score (nSPS) is 15.0. The zero-order chi connectivity index (χ0) is 15.4. The smallest absolute Gasteiger partial charge is 0.322 e. The first kappa shape index (κ1) is 14.7. The molecule has 1 aliphatic carbocycles. The minimum atomic E-state index is -0.0489. The van der Waals surface area contributed by atoms with Gasteiger partial charge in [0, 0.05) is 11.7 Å². The van der Waals surface area contributed by atoms with Gasteiger partial charge in [-0.05, 0) is 44.0 Å². The Balaban J connectivity index is 1.73. The summed E-state index contributed by atoms with van der Waals surface area (Å²) in [6.45, 7) is 2.45. The second-order valence-electron chi connectivity index (χ2n) is 5.87. The number of amides is 2.